The maximum atomic E-state index is 13.0. The molecule has 0 unspecified atom stereocenters. The summed E-state index contributed by atoms with van der Waals surface area (Å²) in [5.41, 5.74) is 5.32. The maximum absolute atomic E-state index is 13.0. The summed E-state index contributed by atoms with van der Waals surface area (Å²) in [6.45, 7) is 1.69. The quantitative estimate of drug-likeness (QED) is 0.907. The van der Waals surface area contributed by atoms with Crippen molar-refractivity contribution >= 4 is 5.91 Å². The van der Waals surface area contributed by atoms with E-state index in [1.807, 2.05) is 0 Å². The Balaban J connectivity index is 1.58. The van der Waals surface area contributed by atoms with E-state index < -0.39 is 0 Å². The minimum atomic E-state index is 0.0590. The molecule has 0 spiro atoms. The van der Waals surface area contributed by atoms with Crippen LogP contribution in [0.15, 0.2) is 48.5 Å². The van der Waals surface area contributed by atoms with Crippen LogP contribution in [-0.2, 0) is 22.4 Å². The molecule has 0 bridgehead atoms. The Labute approximate surface area is 161 Å². The van der Waals surface area contributed by atoms with Gasteiger partial charge in [0.15, 0.2) is 0 Å². The number of nitrogens with one attached hydrogen (secondary N) is 1. The molecular formula is C23H28N2O2. The van der Waals surface area contributed by atoms with E-state index >= 15 is 0 Å². The first-order valence-corrected chi connectivity index (χ1v) is 9.82. The number of likely N-dealkylation sites (N-methyl/N-ethyl adjacent to an activating group) is 1. The number of rotatable bonds is 4. The van der Waals surface area contributed by atoms with E-state index in [1.165, 1.54) is 22.3 Å². The number of hydrogen-bond donors (Lipinski definition) is 1. The second-order valence-corrected chi connectivity index (χ2v) is 7.82. The SMILES string of the molecule is CO[C@@H]1CN(C)C[C@H]1NC(=O)CC1c2ccccc2CCc2ccccc21. The molecule has 1 amide bonds. The number of benzene rings is 2. The van der Waals surface area contributed by atoms with E-state index in [0.717, 1.165) is 25.9 Å². The van der Waals surface area contributed by atoms with Gasteiger partial charge in [0.05, 0.1) is 12.1 Å². The van der Waals surface area contributed by atoms with Crippen molar-refractivity contribution in [3.05, 3.63) is 70.8 Å². The van der Waals surface area contributed by atoms with E-state index in [4.69, 9.17) is 4.74 Å². The van der Waals surface area contributed by atoms with Crippen LogP contribution in [-0.4, -0.2) is 50.2 Å². The van der Waals surface area contributed by atoms with Crippen LogP contribution in [0.3, 0.4) is 0 Å². The van der Waals surface area contributed by atoms with Crippen molar-refractivity contribution in [3.63, 3.8) is 0 Å². The van der Waals surface area contributed by atoms with Gasteiger partial charge in [-0.2, -0.15) is 0 Å². The van der Waals surface area contributed by atoms with E-state index in [1.54, 1.807) is 7.11 Å². The van der Waals surface area contributed by atoms with Gasteiger partial charge in [-0.1, -0.05) is 48.5 Å². The Morgan fingerprint density at radius 1 is 1.04 bits per heavy atom. The molecule has 1 saturated heterocycles. The van der Waals surface area contributed by atoms with Crippen LogP contribution in [0.25, 0.3) is 0 Å². The van der Waals surface area contributed by atoms with Gasteiger partial charge in [0.2, 0.25) is 5.91 Å². The molecule has 1 aliphatic heterocycles. The molecule has 0 saturated carbocycles. The minimum Gasteiger partial charge on any atom is -0.378 e. The van der Waals surface area contributed by atoms with Crippen molar-refractivity contribution < 1.29 is 9.53 Å². The molecule has 1 N–H and O–H groups in total. The summed E-state index contributed by atoms with van der Waals surface area (Å²) in [4.78, 5) is 15.2. The molecule has 0 aromatic heterocycles. The predicted octanol–water partition coefficient (Wildman–Crippen LogP) is 2.75. The van der Waals surface area contributed by atoms with Gasteiger partial charge in [0.25, 0.3) is 0 Å². The van der Waals surface area contributed by atoms with Gasteiger partial charge in [0, 0.05) is 32.5 Å². The van der Waals surface area contributed by atoms with Crippen LogP contribution in [0.4, 0.5) is 0 Å². The van der Waals surface area contributed by atoms with Crippen molar-refractivity contribution in [2.45, 2.75) is 37.3 Å². The fourth-order valence-electron chi connectivity index (χ4n) is 4.65. The Morgan fingerprint density at radius 2 is 1.63 bits per heavy atom. The van der Waals surface area contributed by atoms with E-state index in [2.05, 4.69) is 65.8 Å². The molecule has 4 heteroatoms. The van der Waals surface area contributed by atoms with Gasteiger partial charge in [-0.15, -0.1) is 0 Å². The first kappa shape index (κ1) is 18.2. The zero-order valence-corrected chi connectivity index (χ0v) is 16.2. The van der Waals surface area contributed by atoms with Gasteiger partial charge in [0.1, 0.15) is 0 Å². The lowest BCUT2D eigenvalue weighted by atomic mass is 9.85. The van der Waals surface area contributed by atoms with Crippen LogP contribution in [0.2, 0.25) is 0 Å². The standard InChI is InChI=1S/C23H28N2O2/c1-25-14-21(22(15-25)27-2)24-23(26)13-20-18-9-5-3-7-16(18)11-12-17-8-4-6-10-19(17)20/h3-10,20-22H,11-15H2,1-2H3,(H,24,26)/t21-,22-/m1/s1. The molecule has 1 heterocycles. The number of likely N-dealkylation sites (tertiary alicyclic amines) is 1. The Hall–Kier alpha value is -2.17. The van der Waals surface area contributed by atoms with Crippen molar-refractivity contribution in [2.75, 3.05) is 27.2 Å². The van der Waals surface area contributed by atoms with Gasteiger partial charge in [-0.3, -0.25) is 4.79 Å². The van der Waals surface area contributed by atoms with Crippen molar-refractivity contribution in [2.24, 2.45) is 0 Å². The van der Waals surface area contributed by atoms with Gasteiger partial charge < -0.3 is 15.0 Å². The third-order valence-electron chi connectivity index (χ3n) is 6.01. The smallest absolute Gasteiger partial charge is 0.221 e. The highest BCUT2D eigenvalue weighted by molar-refractivity contribution is 5.78. The first-order chi connectivity index (χ1) is 13.2. The lowest BCUT2D eigenvalue weighted by Gasteiger charge is -2.23. The lowest BCUT2D eigenvalue weighted by Crippen LogP contribution is -2.44. The Kier molecular flexibility index (Phi) is 5.28. The molecule has 2 atom stereocenters. The fourth-order valence-corrected chi connectivity index (χ4v) is 4.65. The van der Waals surface area contributed by atoms with E-state index in [9.17, 15) is 4.79 Å². The number of methoxy groups -OCH3 is 1. The molecule has 1 fully saturated rings. The molecule has 0 radical (unpaired) electrons. The summed E-state index contributed by atoms with van der Waals surface area (Å²) >= 11 is 0. The third-order valence-corrected chi connectivity index (χ3v) is 6.01. The molecule has 2 aromatic carbocycles. The molecule has 27 heavy (non-hydrogen) atoms. The van der Waals surface area contributed by atoms with Crippen molar-refractivity contribution in [3.8, 4) is 0 Å². The van der Waals surface area contributed by atoms with Crippen LogP contribution >= 0.6 is 0 Å². The third kappa shape index (κ3) is 3.78. The topological polar surface area (TPSA) is 41.6 Å². The highest BCUT2D eigenvalue weighted by Crippen LogP contribution is 2.36. The average Bonchev–Trinajstić information content (AvgIpc) is 2.96. The highest BCUT2D eigenvalue weighted by atomic mass is 16.5. The van der Waals surface area contributed by atoms with E-state index in [-0.39, 0.29) is 24.0 Å². The second-order valence-electron chi connectivity index (χ2n) is 7.82. The predicted molar refractivity (Wildman–Crippen MR) is 107 cm³/mol. The van der Waals surface area contributed by atoms with Crippen LogP contribution in [0.5, 0.6) is 0 Å². The summed E-state index contributed by atoms with van der Waals surface area (Å²) in [5, 5.41) is 3.23. The Bertz CT molecular complexity index is 772. The molecule has 142 valence electrons. The van der Waals surface area contributed by atoms with Gasteiger partial charge in [-0.05, 0) is 42.1 Å². The molecule has 2 aliphatic rings. The zero-order chi connectivity index (χ0) is 18.8. The van der Waals surface area contributed by atoms with Gasteiger partial charge in [-0.25, -0.2) is 0 Å². The molecule has 2 aromatic rings. The molecule has 1 aliphatic carbocycles. The minimum absolute atomic E-state index is 0.0590. The van der Waals surface area contributed by atoms with Crippen LogP contribution in [0, 0.1) is 0 Å². The number of amides is 1. The van der Waals surface area contributed by atoms with Crippen molar-refractivity contribution in [1.29, 1.82) is 0 Å². The summed E-state index contributed by atoms with van der Waals surface area (Å²) in [6, 6.07) is 17.2. The maximum Gasteiger partial charge on any atom is 0.221 e. The Morgan fingerprint density at radius 3 is 2.22 bits per heavy atom. The number of nitrogens with zero attached hydrogens (tertiary/aromatic N) is 1. The number of carbonyl (C=O) groups is 1. The summed E-state index contributed by atoms with van der Waals surface area (Å²) < 4.78 is 5.56. The number of aryl methyl sites for hydroxylation is 2. The van der Waals surface area contributed by atoms with E-state index in [0.29, 0.717) is 6.42 Å². The lowest BCUT2D eigenvalue weighted by molar-refractivity contribution is -0.122. The monoisotopic (exact) mass is 364 g/mol. The summed E-state index contributed by atoms with van der Waals surface area (Å²) in [7, 11) is 3.79. The number of hydrogen-bond acceptors (Lipinski definition) is 3. The molecular weight excluding hydrogens is 336 g/mol. The summed E-state index contributed by atoms with van der Waals surface area (Å²) in [5.74, 6) is 0.217. The van der Waals surface area contributed by atoms with Crippen LogP contribution < -0.4 is 5.32 Å². The largest absolute Gasteiger partial charge is 0.378 e. The van der Waals surface area contributed by atoms with Crippen molar-refractivity contribution in [1.82, 2.24) is 10.2 Å². The van der Waals surface area contributed by atoms with Gasteiger partial charge >= 0.3 is 0 Å². The number of carbonyl (C=O) groups excluding carboxylic acids is 1. The fraction of sp³-hybridized carbons (Fsp3) is 0.435. The highest BCUT2D eigenvalue weighted by Gasteiger charge is 2.33. The molecule has 4 nitrogen and oxygen atoms in total. The normalized spacial score (nSPS) is 22.7. The average molecular weight is 364 g/mol. The van der Waals surface area contributed by atoms with Crippen LogP contribution in [0.1, 0.15) is 34.6 Å². The first-order valence-electron chi connectivity index (χ1n) is 9.82. The number of fused-ring (bicyclic) bond motifs is 2. The second kappa shape index (κ2) is 7.83. The molecule has 4 rings (SSSR count). The number of ether oxygens (including phenoxy) is 1. The summed E-state index contributed by atoms with van der Waals surface area (Å²) in [6.07, 6.45) is 2.60. The zero-order valence-electron chi connectivity index (χ0n) is 16.2.